The highest BCUT2D eigenvalue weighted by Crippen LogP contribution is 2.24. The first-order valence-electron chi connectivity index (χ1n) is 7.63. The third kappa shape index (κ3) is 2.38. The van der Waals surface area contributed by atoms with Gasteiger partial charge in [-0.15, -0.1) is 0 Å². The number of benzene rings is 1. The van der Waals surface area contributed by atoms with Crippen molar-refractivity contribution in [3.8, 4) is 11.6 Å². The molecule has 0 unspecified atom stereocenters. The van der Waals surface area contributed by atoms with Gasteiger partial charge in [0.05, 0.1) is 19.0 Å². The second-order valence-corrected chi connectivity index (χ2v) is 5.61. The fourth-order valence-electron chi connectivity index (χ4n) is 3.04. The molecule has 2 heterocycles. The molecule has 115 valence electrons. The van der Waals surface area contributed by atoms with Gasteiger partial charge in [-0.05, 0) is 55.0 Å². The predicted octanol–water partition coefficient (Wildman–Crippen LogP) is 2.48. The zero-order valence-electron chi connectivity index (χ0n) is 12.8. The Morgan fingerprint density at radius 3 is 2.96 bits per heavy atom. The second kappa shape index (κ2) is 5.50. The largest absolute Gasteiger partial charge is 0.481 e. The van der Waals surface area contributed by atoms with Crippen LogP contribution in [0.5, 0.6) is 5.88 Å². The molecular formula is C18H16N3O2. The van der Waals surface area contributed by atoms with Crippen molar-refractivity contribution in [3.63, 3.8) is 0 Å². The topological polar surface area (TPSA) is 57.0 Å². The molecule has 1 aliphatic carbocycles. The standard InChI is InChI=1S/C18H16N3O2/c1-23-16-9-8-15-18(20-16)21(17(22)11-19-15)14-7-6-12-4-2-3-5-13(12)10-14/h2,6-11H,3-5H2,1H3. The van der Waals surface area contributed by atoms with Gasteiger partial charge in [-0.25, -0.2) is 4.98 Å². The monoisotopic (exact) mass is 306 g/mol. The number of pyridine rings is 1. The van der Waals surface area contributed by atoms with Crippen LogP contribution in [-0.4, -0.2) is 21.6 Å². The minimum Gasteiger partial charge on any atom is -0.481 e. The van der Waals surface area contributed by atoms with E-state index in [1.54, 1.807) is 17.7 Å². The van der Waals surface area contributed by atoms with Crippen molar-refractivity contribution in [2.45, 2.75) is 19.3 Å². The maximum Gasteiger partial charge on any atom is 0.275 e. The Kier molecular flexibility index (Phi) is 3.33. The number of fused-ring (bicyclic) bond motifs is 2. The van der Waals surface area contributed by atoms with Crippen LogP contribution in [0.1, 0.15) is 17.5 Å². The summed E-state index contributed by atoms with van der Waals surface area (Å²) >= 11 is 0. The quantitative estimate of drug-likeness (QED) is 0.730. The van der Waals surface area contributed by atoms with Gasteiger partial charge in [0.25, 0.3) is 5.56 Å². The van der Waals surface area contributed by atoms with Crippen molar-refractivity contribution in [2.75, 3.05) is 7.11 Å². The third-order valence-electron chi connectivity index (χ3n) is 4.21. The number of aryl methyl sites for hydroxylation is 1. The molecule has 0 spiro atoms. The molecule has 0 atom stereocenters. The van der Waals surface area contributed by atoms with Gasteiger partial charge in [0.2, 0.25) is 5.88 Å². The van der Waals surface area contributed by atoms with Gasteiger partial charge < -0.3 is 4.74 Å². The summed E-state index contributed by atoms with van der Waals surface area (Å²) in [6.45, 7) is 0. The first-order chi connectivity index (χ1) is 11.3. The number of aromatic nitrogens is 3. The first kappa shape index (κ1) is 13.9. The summed E-state index contributed by atoms with van der Waals surface area (Å²) in [4.78, 5) is 21.0. The molecule has 1 radical (unpaired) electrons. The lowest BCUT2D eigenvalue weighted by molar-refractivity contribution is 0.399. The van der Waals surface area contributed by atoms with E-state index >= 15 is 0 Å². The highest BCUT2D eigenvalue weighted by molar-refractivity contribution is 5.72. The Morgan fingerprint density at radius 1 is 1.17 bits per heavy atom. The maximum atomic E-state index is 12.4. The van der Waals surface area contributed by atoms with Crippen LogP contribution in [0.2, 0.25) is 0 Å². The minimum absolute atomic E-state index is 0.194. The molecule has 0 saturated heterocycles. The van der Waals surface area contributed by atoms with E-state index in [0.717, 1.165) is 24.9 Å². The van der Waals surface area contributed by atoms with E-state index in [0.29, 0.717) is 17.0 Å². The molecule has 0 fully saturated rings. The SMILES string of the molecule is COc1ccc2ncc(=O)n(-c3ccc4c(c3)CC[CH]C4)c2n1. The van der Waals surface area contributed by atoms with E-state index in [1.165, 1.54) is 17.3 Å². The second-order valence-electron chi connectivity index (χ2n) is 5.61. The Labute approximate surface area is 133 Å². The van der Waals surface area contributed by atoms with Gasteiger partial charge in [0, 0.05) is 6.07 Å². The molecule has 1 aliphatic rings. The minimum atomic E-state index is -0.194. The summed E-state index contributed by atoms with van der Waals surface area (Å²) < 4.78 is 6.79. The van der Waals surface area contributed by atoms with E-state index < -0.39 is 0 Å². The Hall–Kier alpha value is -2.69. The van der Waals surface area contributed by atoms with Gasteiger partial charge in [-0.1, -0.05) is 6.07 Å². The number of hydrogen-bond donors (Lipinski definition) is 0. The fourth-order valence-corrected chi connectivity index (χ4v) is 3.04. The average molecular weight is 306 g/mol. The molecule has 4 rings (SSSR count). The van der Waals surface area contributed by atoms with Crippen molar-refractivity contribution >= 4 is 11.2 Å². The molecular weight excluding hydrogens is 290 g/mol. The number of ether oxygens (including phenoxy) is 1. The zero-order valence-corrected chi connectivity index (χ0v) is 12.8. The van der Waals surface area contributed by atoms with Crippen LogP contribution in [0.3, 0.4) is 0 Å². The van der Waals surface area contributed by atoms with E-state index in [2.05, 4.69) is 28.5 Å². The Bertz CT molecular complexity index is 947. The van der Waals surface area contributed by atoms with E-state index in [4.69, 9.17) is 4.74 Å². The van der Waals surface area contributed by atoms with Gasteiger partial charge in [-0.3, -0.25) is 9.36 Å². The molecule has 0 N–H and O–H groups in total. The first-order valence-corrected chi connectivity index (χ1v) is 7.63. The highest BCUT2D eigenvalue weighted by atomic mass is 16.5. The van der Waals surface area contributed by atoms with Crippen LogP contribution < -0.4 is 10.3 Å². The number of rotatable bonds is 2. The van der Waals surface area contributed by atoms with Crippen LogP contribution in [0.25, 0.3) is 16.9 Å². The molecule has 23 heavy (non-hydrogen) atoms. The molecule has 3 aromatic rings. The lowest BCUT2D eigenvalue weighted by Gasteiger charge is -2.17. The van der Waals surface area contributed by atoms with E-state index in [9.17, 15) is 4.79 Å². The Morgan fingerprint density at radius 2 is 2.09 bits per heavy atom. The molecule has 0 amide bonds. The lowest BCUT2D eigenvalue weighted by atomic mass is 9.91. The Balaban J connectivity index is 1.97. The number of nitrogens with zero attached hydrogens (tertiary/aromatic N) is 3. The normalized spacial score (nSPS) is 13.8. The summed E-state index contributed by atoms with van der Waals surface area (Å²) in [6.07, 6.45) is 6.71. The van der Waals surface area contributed by atoms with Crippen molar-refractivity contribution in [2.24, 2.45) is 0 Å². The van der Waals surface area contributed by atoms with Crippen LogP contribution >= 0.6 is 0 Å². The van der Waals surface area contributed by atoms with Crippen LogP contribution in [0.4, 0.5) is 0 Å². The maximum absolute atomic E-state index is 12.4. The average Bonchev–Trinajstić information content (AvgIpc) is 2.60. The summed E-state index contributed by atoms with van der Waals surface area (Å²) in [5.74, 6) is 0.464. The number of hydrogen-bond acceptors (Lipinski definition) is 4. The van der Waals surface area contributed by atoms with Crippen LogP contribution in [-0.2, 0) is 12.8 Å². The van der Waals surface area contributed by atoms with Gasteiger partial charge in [-0.2, -0.15) is 4.98 Å². The van der Waals surface area contributed by atoms with Crippen molar-refractivity contribution in [1.29, 1.82) is 0 Å². The van der Waals surface area contributed by atoms with Gasteiger partial charge >= 0.3 is 0 Å². The summed E-state index contributed by atoms with van der Waals surface area (Å²) in [5, 5.41) is 0. The summed E-state index contributed by atoms with van der Waals surface area (Å²) in [7, 11) is 1.56. The van der Waals surface area contributed by atoms with Gasteiger partial charge in [0.15, 0.2) is 5.65 Å². The molecule has 0 aliphatic heterocycles. The fraction of sp³-hybridized carbons (Fsp3) is 0.222. The molecule has 0 bridgehead atoms. The predicted molar refractivity (Wildman–Crippen MR) is 88.0 cm³/mol. The molecule has 2 aromatic heterocycles. The summed E-state index contributed by atoms with van der Waals surface area (Å²) in [6, 6.07) is 9.71. The van der Waals surface area contributed by atoms with Crippen LogP contribution in [0.15, 0.2) is 41.3 Å². The third-order valence-corrected chi connectivity index (χ3v) is 4.21. The summed E-state index contributed by atoms with van der Waals surface area (Å²) in [5.41, 5.74) is 4.43. The lowest BCUT2D eigenvalue weighted by Crippen LogP contribution is -2.20. The van der Waals surface area contributed by atoms with E-state index in [-0.39, 0.29) is 5.56 Å². The zero-order chi connectivity index (χ0) is 15.8. The number of methoxy groups -OCH3 is 1. The van der Waals surface area contributed by atoms with Crippen molar-refractivity contribution in [3.05, 3.63) is 64.4 Å². The molecule has 0 saturated carbocycles. The van der Waals surface area contributed by atoms with E-state index in [1.807, 2.05) is 12.1 Å². The molecule has 5 heteroatoms. The van der Waals surface area contributed by atoms with Crippen LogP contribution in [0, 0.1) is 6.42 Å². The van der Waals surface area contributed by atoms with Gasteiger partial charge in [0.1, 0.15) is 5.52 Å². The highest BCUT2D eigenvalue weighted by Gasteiger charge is 2.13. The smallest absolute Gasteiger partial charge is 0.275 e. The van der Waals surface area contributed by atoms with Crippen molar-refractivity contribution in [1.82, 2.24) is 14.5 Å². The molecule has 1 aromatic carbocycles. The molecule has 5 nitrogen and oxygen atoms in total. The van der Waals surface area contributed by atoms with Crippen molar-refractivity contribution < 1.29 is 4.74 Å².